The van der Waals surface area contributed by atoms with Gasteiger partial charge in [-0.05, 0) is 24.6 Å². The molecule has 0 fully saturated rings. The van der Waals surface area contributed by atoms with Gasteiger partial charge >= 0.3 is 0 Å². The zero-order chi connectivity index (χ0) is 15.8. The molecule has 0 saturated carbocycles. The molecule has 3 aromatic heterocycles. The summed E-state index contributed by atoms with van der Waals surface area (Å²) in [6.07, 6.45) is 4.77. The molecule has 0 spiro atoms. The van der Waals surface area contributed by atoms with Gasteiger partial charge in [0.25, 0.3) is 0 Å². The van der Waals surface area contributed by atoms with E-state index >= 15 is 0 Å². The van der Waals surface area contributed by atoms with Crippen LogP contribution in [0.1, 0.15) is 13.3 Å². The topological polar surface area (TPSA) is 62.1 Å². The minimum Gasteiger partial charge on any atom is -0.358 e. The lowest BCUT2D eigenvalue weighted by Crippen LogP contribution is -2.19. The Hall–Kier alpha value is -2.89. The number of fused-ring (bicyclic) bond motifs is 2. The summed E-state index contributed by atoms with van der Waals surface area (Å²) in [4.78, 5) is 6.62. The highest BCUT2D eigenvalue weighted by Crippen LogP contribution is 2.24. The van der Waals surface area contributed by atoms with Gasteiger partial charge in [0.15, 0.2) is 5.65 Å². The molecule has 0 unspecified atom stereocenters. The molecular formula is C17H18N6. The third-order valence-corrected chi connectivity index (χ3v) is 4.04. The highest BCUT2D eigenvalue weighted by molar-refractivity contribution is 5.83. The van der Waals surface area contributed by atoms with Crippen LogP contribution in [0.15, 0.2) is 42.7 Å². The summed E-state index contributed by atoms with van der Waals surface area (Å²) in [6, 6.07) is 10.2. The summed E-state index contributed by atoms with van der Waals surface area (Å²) < 4.78 is 1.90. The molecule has 0 saturated heterocycles. The maximum absolute atomic E-state index is 4.75. The van der Waals surface area contributed by atoms with E-state index < -0.39 is 0 Å². The molecule has 3 heterocycles. The zero-order valence-corrected chi connectivity index (χ0v) is 13.2. The predicted molar refractivity (Wildman–Crippen MR) is 91.6 cm³/mol. The predicted octanol–water partition coefficient (Wildman–Crippen LogP) is 3.12. The summed E-state index contributed by atoms with van der Waals surface area (Å²) in [5.74, 6) is 0.946. The Morgan fingerprint density at radius 3 is 2.96 bits per heavy atom. The lowest BCUT2D eigenvalue weighted by Gasteiger charge is -2.17. The summed E-state index contributed by atoms with van der Waals surface area (Å²) in [5.41, 5.74) is 3.90. The van der Waals surface area contributed by atoms with Gasteiger partial charge in [0.2, 0.25) is 0 Å². The van der Waals surface area contributed by atoms with Crippen molar-refractivity contribution in [2.24, 2.45) is 0 Å². The van der Waals surface area contributed by atoms with Crippen molar-refractivity contribution in [3.05, 3.63) is 42.7 Å². The van der Waals surface area contributed by atoms with Crippen molar-refractivity contribution >= 4 is 22.4 Å². The van der Waals surface area contributed by atoms with E-state index in [1.54, 1.807) is 0 Å². The molecule has 0 aliphatic carbocycles. The van der Waals surface area contributed by atoms with E-state index in [0.29, 0.717) is 0 Å². The molecule has 6 nitrogen and oxygen atoms in total. The van der Waals surface area contributed by atoms with Crippen molar-refractivity contribution in [1.29, 1.82) is 0 Å². The van der Waals surface area contributed by atoms with Gasteiger partial charge in [-0.2, -0.15) is 5.10 Å². The standard InChI is InChI=1S/C17H18N6/c1-3-8-22(2)17-7-6-16-18-11-15(23(16)21-17)12-4-5-13-10-19-20-14(13)9-12/h4-7,9-11H,3,8H2,1-2H3,(H,19,20). The van der Waals surface area contributed by atoms with Crippen LogP contribution < -0.4 is 4.90 Å². The van der Waals surface area contributed by atoms with E-state index in [4.69, 9.17) is 5.10 Å². The fraction of sp³-hybridized carbons (Fsp3) is 0.235. The van der Waals surface area contributed by atoms with E-state index in [1.165, 1.54) is 0 Å². The summed E-state index contributed by atoms with van der Waals surface area (Å²) >= 11 is 0. The van der Waals surface area contributed by atoms with E-state index in [9.17, 15) is 0 Å². The quantitative estimate of drug-likeness (QED) is 0.629. The third-order valence-electron chi connectivity index (χ3n) is 4.04. The molecule has 4 aromatic rings. The third kappa shape index (κ3) is 2.32. The van der Waals surface area contributed by atoms with Crippen LogP contribution in [0, 0.1) is 0 Å². The van der Waals surface area contributed by atoms with Crippen LogP contribution in [0.3, 0.4) is 0 Å². The fourth-order valence-electron chi connectivity index (χ4n) is 2.81. The minimum absolute atomic E-state index is 0.846. The number of aromatic amines is 1. The zero-order valence-electron chi connectivity index (χ0n) is 13.2. The number of imidazole rings is 1. The van der Waals surface area contributed by atoms with Crippen LogP contribution in [-0.4, -0.2) is 38.4 Å². The molecule has 116 valence electrons. The van der Waals surface area contributed by atoms with Crippen LogP contribution >= 0.6 is 0 Å². The van der Waals surface area contributed by atoms with E-state index in [1.807, 2.05) is 29.0 Å². The summed E-state index contributed by atoms with van der Waals surface area (Å²) in [5, 5.41) is 12.9. The van der Waals surface area contributed by atoms with Crippen LogP contribution in [0.25, 0.3) is 27.8 Å². The van der Waals surface area contributed by atoms with Crippen molar-refractivity contribution in [3.8, 4) is 11.3 Å². The monoisotopic (exact) mass is 306 g/mol. The molecule has 4 rings (SSSR count). The van der Waals surface area contributed by atoms with Crippen LogP contribution in [0.5, 0.6) is 0 Å². The molecule has 0 radical (unpaired) electrons. The second kappa shape index (κ2) is 5.39. The lowest BCUT2D eigenvalue weighted by molar-refractivity contribution is 0.810. The first-order valence-corrected chi connectivity index (χ1v) is 7.75. The lowest BCUT2D eigenvalue weighted by atomic mass is 10.1. The number of hydrogen-bond acceptors (Lipinski definition) is 4. The first-order valence-electron chi connectivity index (χ1n) is 7.75. The van der Waals surface area contributed by atoms with Crippen molar-refractivity contribution in [1.82, 2.24) is 24.8 Å². The molecule has 0 bridgehead atoms. The second-order valence-corrected chi connectivity index (χ2v) is 5.70. The maximum atomic E-state index is 4.75. The average Bonchev–Trinajstić information content (AvgIpc) is 3.20. The molecule has 0 aliphatic heterocycles. The molecule has 0 aliphatic rings. The Labute approximate surface area is 133 Å². The number of nitrogens with zero attached hydrogens (tertiary/aromatic N) is 5. The highest BCUT2D eigenvalue weighted by atomic mass is 15.3. The van der Waals surface area contributed by atoms with Crippen molar-refractivity contribution in [3.63, 3.8) is 0 Å². The Balaban J connectivity index is 1.84. The van der Waals surface area contributed by atoms with Crippen molar-refractivity contribution < 1.29 is 0 Å². The van der Waals surface area contributed by atoms with Crippen molar-refractivity contribution in [2.75, 3.05) is 18.5 Å². The van der Waals surface area contributed by atoms with Gasteiger partial charge in [-0.15, -0.1) is 5.10 Å². The molecule has 1 aromatic carbocycles. The summed E-state index contributed by atoms with van der Waals surface area (Å²) in [6.45, 7) is 3.14. The SMILES string of the molecule is CCCN(C)c1ccc2ncc(-c3ccc4cn[nH]c4c3)n2n1. The minimum atomic E-state index is 0.846. The van der Waals surface area contributed by atoms with Gasteiger partial charge in [0, 0.05) is 24.5 Å². The number of H-pyrrole nitrogens is 1. The number of hydrogen-bond donors (Lipinski definition) is 1. The molecule has 0 atom stereocenters. The number of nitrogens with one attached hydrogen (secondary N) is 1. The van der Waals surface area contributed by atoms with Gasteiger partial charge in [-0.1, -0.05) is 19.1 Å². The summed E-state index contributed by atoms with van der Waals surface area (Å²) in [7, 11) is 2.06. The Kier molecular flexibility index (Phi) is 3.22. The van der Waals surface area contributed by atoms with E-state index in [-0.39, 0.29) is 0 Å². The van der Waals surface area contributed by atoms with Gasteiger partial charge in [0.05, 0.1) is 23.6 Å². The number of benzene rings is 1. The van der Waals surface area contributed by atoms with Gasteiger partial charge in [0.1, 0.15) is 5.82 Å². The van der Waals surface area contributed by atoms with Crippen molar-refractivity contribution in [2.45, 2.75) is 13.3 Å². The molecular weight excluding hydrogens is 288 g/mol. The first-order chi connectivity index (χ1) is 11.3. The van der Waals surface area contributed by atoms with E-state index in [2.05, 4.69) is 52.3 Å². The molecule has 1 N–H and O–H groups in total. The van der Waals surface area contributed by atoms with Crippen LogP contribution in [0.4, 0.5) is 5.82 Å². The second-order valence-electron chi connectivity index (χ2n) is 5.70. The fourth-order valence-corrected chi connectivity index (χ4v) is 2.81. The van der Waals surface area contributed by atoms with Gasteiger partial charge in [-0.25, -0.2) is 9.50 Å². The van der Waals surface area contributed by atoms with Gasteiger partial charge < -0.3 is 4.90 Å². The van der Waals surface area contributed by atoms with E-state index in [0.717, 1.165) is 46.6 Å². The molecule has 6 heteroatoms. The average molecular weight is 306 g/mol. The number of aromatic nitrogens is 5. The van der Waals surface area contributed by atoms with Crippen LogP contribution in [-0.2, 0) is 0 Å². The highest BCUT2D eigenvalue weighted by Gasteiger charge is 2.10. The number of anilines is 1. The van der Waals surface area contributed by atoms with Gasteiger partial charge in [-0.3, -0.25) is 5.10 Å². The molecule has 23 heavy (non-hydrogen) atoms. The Bertz CT molecular complexity index is 967. The maximum Gasteiger partial charge on any atom is 0.154 e. The first kappa shape index (κ1) is 13.8. The number of rotatable bonds is 4. The smallest absolute Gasteiger partial charge is 0.154 e. The Morgan fingerprint density at radius 1 is 1.17 bits per heavy atom. The molecule has 0 amide bonds. The van der Waals surface area contributed by atoms with Crippen LogP contribution in [0.2, 0.25) is 0 Å². The normalized spacial score (nSPS) is 11.4. The largest absolute Gasteiger partial charge is 0.358 e. The Morgan fingerprint density at radius 2 is 2.09 bits per heavy atom.